The summed E-state index contributed by atoms with van der Waals surface area (Å²) >= 11 is 6.47. The van der Waals surface area contributed by atoms with Crippen LogP contribution in [0.2, 0.25) is 0 Å². The Bertz CT molecular complexity index is 1110. The molecule has 31 heavy (non-hydrogen) atoms. The van der Waals surface area contributed by atoms with E-state index >= 15 is 0 Å². The van der Waals surface area contributed by atoms with Crippen molar-refractivity contribution in [2.75, 3.05) is 4.90 Å². The molecule has 1 atom stereocenters. The molecule has 1 heterocycles. The molecule has 9 heteroatoms. The number of ether oxygens (including phenoxy) is 1. The highest BCUT2D eigenvalue weighted by molar-refractivity contribution is 8.27. The molecule has 1 unspecified atom stereocenters. The molecule has 1 aliphatic heterocycles. The fourth-order valence-corrected chi connectivity index (χ4v) is 4.24. The first kappa shape index (κ1) is 22.5. The molecule has 3 rings (SSSR count). The van der Waals surface area contributed by atoms with Crippen LogP contribution in [0.1, 0.15) is 34.8 Å². The molecule has 2 aromatic carbocycles. The Morgan fingerprint density at radius 3 is 2.58 bits per heavy atom. The van der Waals surface area contributed by atoms with Gasteiger partial charge in [-0.15, -0.1) is 0 Å². The van der Waals surface area contributed by atoms with E-state index in [1.807, 2.05) is 0 Å². The molecule has 0 aromatic heterocycles. The lowest BCUT2D eigenvalue weighted by Gasteiger charge is -2.18. The van der Waals surface area contributed by atoms with Gasteiger partial charge in [0.2, 0.25) is 0 Å². The first-order valence-corrected chi connectivity index (χ1v) is 10.6. The third-order valence-corrected chi connectivity index (χ3v) is 5.91. The Labute approximate surface area is 188 Å². The monoisotopic (exact) mass is 457 g/mol. The van der Waals surface area contributed by atoms with Crippen LogP contribution >= 0.6 is 24.0 Å². The summed E-state index contributed by atoms with van der Waals surface area (Å²) in [5, 5.41) is 18.5. The third-order valence-electron chi connectivity index (χ3n) is 4.61. The average molecular weight is 458 g/mol. The van der Waals surface area contributed by atoms with Crippen LogP contribution in [0.5, 0.6) is 5.75 Å². The maximum Gasteiger partial charge on any atom is 0.344 e. The molecule has 2 aromatic rings. The first-order valence-electron chi connectivity index (χ1n) is 9.33. The van der Waals surface area contributed by atoms with E-state index in [1.165, 1.54) is 17.0 Å². The second-order valence-electron chi connectivity index (χ2n) is 6.71. The van der Waals surface area contributed by atoms with Crippen LogP contribution in [0, 0.1) is 6.92 Å². The van der Waals surface area contributed by atoms with E-state index in [0.29, 0.717) is 27.5 Å². The minimum atomic E-state index is -1.10. The molecular weight excluding hydrogens is 438 g/mol. The van der Waals surface area contributed by atoms with E-state index in [9.17, 15) is 24.6 Å². The standard InChI is InChI=1S/C22H19NO6S2/c1-3-16(21(27)28)29-17-7-5-4-6-13(17)11-18-19(24)23(22(30)31-18)15-10-14(20(25)26)9-8-12(15)2/h4-11,16H,3H2,1-2H3,(H,25,26)(H,27,28)/b18-11-. The van der Waals surface area contributed by atoms with E-state index in [0.717, 1.165) is 11.8 Å². The number of carboxylic acids is 2. The fraction of sp³-hybridized carbons (Fsp3) is 0.182. The van der Waals surface area contributed by atoms with E-state index in [4.69, 9.17) is 17.0 Å². The van der Waals surface area contributed by atoms with Crippen LogP contribution in [-0.4, -0.2) is 38.5 Å². The van der Waals surface area contributed by atoms with Gasteiger partial charge >= 0.3 is 11.9 Å². The third kappa shape index (κ3) is 4.78. The Morgan fingerprint density at radius 2 is 1.94 bits per heavy atom. The summed E-state index contributed by atoms with van der Waals surface area (Å²) in [6.07, 6.45) is 0.871. The number of hydrogen-bond acceptors (Lipinski definition) is 6. The first-order chi connectivity index (χ1) is 14.7. The minimum Gasteiger partial charge on any atom is -0.479 e. The van der Waals surface area contributed by atoms with Gasteiger partial charge in [-0.25, -0.2) is 9.59 Å². The molecule has 7 nitrogen and oxygen atoms in total. The predicted octanol–water partition coefficient (Wildman–Crippen LogP) is 4.34. The van der Waals surface area contributed by atoms with Crippen molar-refractivity contribution in [3.8, 4) is 5.75 Å². The van der Waals surface area contributed by atoms with Crippen molar-refractivity contribution in [1.82, 2.24) is 0 Å². The number of nitrogens with zero attached hydrogens (tertiary/aromatic N) is 1. The Kier molecular flexibility index (Phi) is 6.77. The lowest BCUT2D eigenvalue weighted by atomic mass is 10.1. The summed E-state index contributed by atoms with van der Waals surface area (Å²) in [5.74, 6) is -2.22. The number of anilines is 1. The van der Waals surface area contributed by atoms with Gasteiger partial charge in [0.25, 0.3) is 5.91 Å². The second-order valence-corrected chi connectivity index (χ2v) is 8.39. The van der Waals surface area contributed by atoms with Crippen LogP contribution in [-0.2, 0) is 9.59 Å². The van der Waals surface area contributed by atoms with Crippen LogP contribution in [0.3, 0.4) is 0 Å². The number of carbonyl (C=O) groups excluding carboxylic acids is 1. The number of aromatic carboxylic acids is 1. The lowest BCUT2D eigenvalue weighted by molar-refractivity contribution is -0.145. The van der Waals surface area contributed by atoms with Crippen molar-refractivity contribution in [3.05, 3.63) is 64.1 Å². The molecule has 0 saturated carbocycles. The van der Waals surface area contributed by atoms with Gasteiger partial charge in [0.05, 0.1) is 16.2 Å². The number of rotatable bonds is 7. The number of thioether (sulfide) groups is 1. The number of hydrogen-bond donors (Lipinski definition) is 2. The molecule has 0 bridgehead atoms. The number of carbonyl (C=O) groups is 3. The van der Waals surface area contributed by atoms with Crippen molar-refractivity contribution in [2.24, 2.45) is 0 Å². The molecule has 160 valence electrons. The van der Waals surface area contributed by atoms with Crippen molar-refractivity contribution < 1.29 is 29.3 Å². The summed E-state index contributed by atoms with van der Waals surface area (Å²) in [6.45, 7) is 3.48. The summed E-state index contributed by atoms with van der Waals surface area (Å²) < 4.78 is 5.90. The zero-order valence-corrected chi connectivity index (χ0v) is 18.3. The predicted molar refractivity (Wildman–Crippen MR) is 123 cm³/mol. The Balaban J connectivity index is 1.96. The minimum absolute atomic E-state index is 0.0525. The fourth-order valence-electron chi connectivity index (χ4n) is 2.97. The average Bonchev–Trinajstić information content (AvgIpc) is 3.00. The number of aliphatic carboxylic acids is 1. The maximum atomic E-state index is 13.1. The smallest absolute Gasteiger partial charge is 0.344 e. The van der Waals surface area contributed by atoms with Crippen molar-refractivity contribution in [2.45, 2.75) is 26.4 Å². The zero-order chi connectivity index (χ0) is 22.7. The number of thiocarbonyl (C=S) groups is 1. The SMILES string of the molecule is CCC(Oc1ccccc1/C=C1\SC(=S)N(c2cc(C(=O)O)ccc2C)C1=O)C(=O)O. The summed E-state index contributed by atoms with van der Waals surface area (Å²) in [7, 11) is 0. The molecule has 1 aliphatic rings. The molecule has 0 aliphatic carbocycles. The highest BCUT2D eigenvalue weighted by Gasteiger charge is 2.34. The van der Waals surface area contributed by atoms with E-state index in [2.05, 4.69) is 0 Å². The van der Waals surface area contributed by atoms with Gasteiger partial charge < -0.3 is 14.9 Å². The second kappa shape index (κ2) is 9.32. The number of amides is 1. The van der Waals surface area contributed by atoms with Crippen LogP contribution < -0.4 is 9.64 Å². The van der Waals surface area contributed by atoms with Gasteiger partial charge in [0, 0.05) is 5.56 Å². The molecule has 1 amide bonds. The number of para-hydroxylation sites is 1. The van der Waals surface area contributed by atoms with Crippen molar-refractivity contribution in [1.29, 1.82) is 0 Å². The quantitative estimate of drug-likeness (QED) is 0.467. The largest absolute Gasteiger partial charge is 0.479 e. The van der Waals surface area contributed by atoms with Crippen molar-refractivity contribution >= 4 is 57.9 Å². The van der Waals surface area contributed by atoms with Crippen LogP contribution in [0.4, 0.5) is 5.69 Å². The highest BCUT2D eigenvalue weighted by atomic mass is 32.2. The van der Waals surface area contributed by atoms with Crippen LogP contribution in [0.15, 0.2) is 47.4 Å². The zero-order valence-electron chi connectivity index (χ0n) is 16.7. The Hall–Kier alpha value is -3.17. The number of benzene rings is 2. The highest BCUT2D eigenvalue weighted by Crippen LogP contribution is 2.38. The topological polar surface area (TPSA) is 104 Å². The van der Waals surface area contributed by atoms with Gasteiger partial charge in [0.1, 0.15) is 5.75 Å². The maximum absolute atomic E-state index is 13.1. The van der Waals surface area contributed by atoms with Gasteiger partial charge in [-0.3, -0.25) is 9.69 Å². The lowest BCUT2D eigenvalue weighted by Crippen LogP contribution is -2.28. The van der Waals surface area contributed by atoms with Gasteiger partial charge in [-0.05, 0) is 43.2 Å². The summed E-state index contributed by atoms with van der Waals surface area (Å²) in [5.41, 5.74) is 1.71. The molecule has 1 saturated heterocycles. The molecule has 1 fully saturated rings. The Morgan fingerprint density at radius 1 is 1.23 bits per heavy atom. The van der Waals surface area contributed by atoms with Gasteiger partial charge in [0.15, 0.2) is 10.4 Å². The van der Waals surface area contributed by atoms with E-state index < -0.39 is 18.0 Å². The summed E-state index contributed by atoms with van der Waals surface area (Å²) in [6, 6.07) is 11.3. The van der Waals surface area contributed by atoms with Crippen LogP contribution in [0.25, 0.3) is 6.08 Å². The molecular formula is C22H19NO6S2. The van der Waals surface area contributed by atoms with Gasteiger partial charge in [-0.2, -0.15) is 0 Å². The van der Waals surface area contributed by atoms with Crippen molar-refractivity contribution in [3.63, 3.8) is 0 Å². The summed E-state index contributed by atoms with van der Waals surface area (Å²) in [4.78, 5) is 37.4. The van der Waals surface area contributed by atoms with Gasteiger partial charge in [-0.1, -0.05) is 55.2 Å². The normalized spacial score (nSPS) is 15.9. The van der Waals surface area contributed by atoms with E-state index in [1.54, 1.807) is 50.3 Å². The molecule has 0 spiro atoms. The molecule has 0 radical (unpaired) electrons. The number of carboxylic acid groups (broad SMARTS) is 2. The molecule has 2 N–H and O–H groups in total. The number of aryl methyl sites for hydroxylation is 1. The van der Waals surface area contributed by atoms with E-state index in [-0.39, 0.29) is 22.2 Å².